The van der Waals surface area contributed by atoms with E-state index >= 15 is 0 Å². The Morgan fingerprint density at radius 3 is 2.57 bits per heavy atom. The van der Waals surface area contributed by atoms with Crippen molar-refractivity contribution in [2.75, 3.05) is 50.9 Å². The average molecular weight is 611 g/mol. The average Bonchev–Trinajstić information content (AvgIpc) is 3.74. The van der Waals surface area contributed by atoms with Gasteiger partial charge in [-0.15, -0.1) is 10.2 Å². The third-order valence-electron chi connectivity index (χ3n) is 6.90. The molecule has 2 aromatic heterocycles. The van der Waals surface area contributed by atoms with Gasteiger partial charge in [0.1, 0.15) is 5.60 Å². The van der Waals surface area contributed by atoms with E-state index in [4.69, 9.17) is 18.1 Å². The quantitative estimate of drug-likeness (QED) is 0.323. The van der Waals surface area contributed by atoms with Crippen LogP contribution in [-0.2, 0) is 16.1 Å². The second-order valence-corrected chi connectivity index (χ2v) is 11.5. The molecule has 1 aromatic carbocycles. The molecule has 44 heavy (non-hydrogen) atoms. The van der Waals surface area contributed by atoms with E-state index in [9.17, 15) is 14.4 Å². The number of para-hydroxylation sites is 1. The van der Waals surface area contributed by atoms with Crippen LogP contribution in [0.2, 0.25) is 0 Å². The topological polar surface area (TPSA) is 177 Å². The fraction of sp³-hybridized carbons (Fsp3) is 0.483. The van der Waals surface area contributed by atoms with Crippen LogP contribution in [0.5, 0.6) is 5.75 Å². The first-order valence-electron chi connectivity index (χ1n) is 15.7. The summed E-state index contributed by atoms with van der Waals surface area (Å²) in [6, 6.07) is 6.50. The lowest BCUT2D eigenvalue weighted by molar-refractivity contribution is -0.117. The van der Waals surface area contributed by atoms with Crippen LogP contribution in [0.15, 0.2) is 28.8 Å². The number of carbonyl (C=O) groups excluding carboxylic acids is 3. The van der Waals surface area contributed by atoms with Crippen LogP contribution in [0.4, 0.5) is 22.0 Å². The number of hydrogen-bond donors (Lipinski definition) is 3. The van der Waals surface area contributed by atoms with Crippen LogP contribution >= 0.6 is 0 Å². The van der Waals surface area contributed by atoms with Crippen LogP contribution < -0.4 is 20.7 Å². The first-order valence-corrected chi connectivity index (χ1v) is 14.2. The molecule has 3 amide bonds. The van der Waals surface area contributed by atoms with Crippen LogP contribution in [0.3, 0.4) is 0 Å². The van der Waals surface area contributed by atoms with Gasteiger partial charge in [-0.3, -0.25) is 14.5 Å². The lowest BCUT2D eigenvalue weighted by Crippen LogP contribution is -2.49. The number of piperazine rings is 1. The maximum absolute atomic E-state index is 12.8. The van der Waals surface area contributed by atoms with Crippen molar-refractivity contribution in [1.82, 2.24) is 35.5 Å². The van der Waals surface area contributed by atoms with E-state index in [0.717, 1.165) is 12.8 Å². The first-order chi connectivity index (χ1) is 22.2. The molecular weight excluding hydrogens is 570 g/mol. The Bertz CT molecular complexity index is 1630. The van der Waals surface area contributed by atoms with Gasteiger partial charge in [-0.2, -0.15) is 4.98 Å². The van der Waals surface area contributed by atoms with Crippen LogP contribution in [0.25, 0.3) is 11.4 Å². The number of nitrogens with one attached hydrogen (secondary N) is 3. The molecule has 0 unspecified atom stereocenters. The molecule has 5 rings (SSSR count). The summed E-state index contributed by atoms with van der Waals surface area (Å²) in [5, 5.41) is 19.6. The molecule has 0 radical (unpaired) electrons. The minimum atomic E-state index is -2.77. The molecule has 0 bridgehead atoms. The van der Waals surface area contributed by atoms with Crippen LogP contribution in [-0.4, -0.2) is 93.9 Å². The Labute approximate surface area is 258 Å². The summed E-state index contributed by atoms with van der Waals surface area (Å²) in [4.78, 5) is 45.9. The summed E-state index contributed by atoms with van der Waals surface area (Å²) in [5.74, 6) is -0.326. The van der Waals surface area contributed by atoms with Crippen molar-refractivity contribution in [3.63, 3.8) is 0 Å². The molecule has 3 heterocycles. The van der Waals surface area contributed by atoms with Crippen molar-refractivity contribution in [3.05, 3.63) is 35.9 Å². The zero-order chi connectivity index (χ0) is 33.9. The highest BCUT2D eigenvalue weighted by molar-refractivity contribution is 6.00. The molecule has 234 valence electrons. The third kappa shape index (κ3) is 7.40. The fourth-order valence-corrected chi connectivity index (χ4v) is 4.56. The number of nitrogens with zero attached hydrogens (tertiary/aromatic N) is 6. The molecule has 3 aromatic rings. The number of aromatic nitrogens is 4. The van der Waals surface area contributed by atoms with Crippen LogP contribution in [0.1, 0.15) is 54.1 Å². The number of rotatable bonds is 9. The zero-order valence-corrected chi connectivity index (χ0v) is 25.0. The van der Waals surface area contributed by atoms with E-state index in [2.05, 4.69) is 35.9 Å². The second-order valence-electron chi connectivity index (χ2n) is 11.5. The van der Waals surface area contributed by atoms with E-state index in [0.29, 0.717) is 55.6 Å². The van der Waals surface area contributed by atoms with Gasteiger partial charge in [0.25, 0.3) is 5.91 Å². The van der Waals surface area contributed by atoms with Crippen molar-refractivity contribution < 1.29 is 32.5 Å². The molecule has 2 fully saturated rings. The van der Waals surface area contributed by atoms with Crippen molar-refractivity contribution in [2.24, 2.45) is 5.92 Å². The molecule has 2 aliphatic rings. The SMILES string of the molecule is [2H]C([2H])([2H])NC(=O)c1nnc(NC(=O)C2CC2)cc1Nc1cccc(-c2noc(CN3CCN(C(=O)OC(C)(C)C)CC3)n2)c1OC. The van der Waals surface area contributed by atoms with Gasteiger partial charge in [0.15, 0.2) is 17.3 Å². The van der Waals surface area contributed by atoms with Crippen molar-refractivity contribution in [2.45, 2.75) is 45.8 Å². The molecule has 1 aliphatic carbocycles. The maximum Gasteiger partial charge on any atom is 0.410 e. The maximum atomic E-state index is 12.8. The lowest BCUT2D eigenvalue weighted by atomic mass is 10.1. The Morgan fingerprint density at radius 1 is 1.11 bits per heavy atom. The highest BCUT2D eigenvalue weighted by atomic mass is 16.6. The van der Waals surface area contributed by atoms with Gasteiger partial charge in [0.05, 0.1) is 30.6 Å². The van der Waals surface area contributed by atoms with Crippen molar-refractivity contribution in [3.8, 4) is 17.1 Å². The van der Waals surface area contributed by atoms with Gasteiger partial charge in [-0.05, 0) is 45.7 Å². The molecular formula is C29H37N9O6. The number of methoxy groups -OCH3 is 1. The predicted molar refractivity (Wildman–Crippen MR) is 159 cm³/mol. The van der Waals surface area contributed by atoms with E-state index in [-0.39, 0.29) is 40.9 Å². The number of amides is 3. The van der Waals surface area contributed by atoms with Gasteiger partial charge < -0.3 is 34.8 Å². The summed E-state index contributed by atoms with van der Waals surface area (Å²) < 4.78 is 39.0. The summed E-state index contributed by atoms with van der Waals surface area (Å²) in [6.07, 6.45) is 1.20. The van der Waals surface area contributed by atoms with Crippen molar-refractivity contribution >= 4 is 35.1 Å². The first kappa shape index (κ1) is 26.8. The largest absolute Gasteiger partial charge is 0.494 e. The molecule has 3 N–H and O–H groups in total. The summed E-state index contributed by atoms with van der Waals surface area (Å²) >= 11 is 0. The summed E-state index contributed by atoms with van der Waals surface area (Å²) in [6.45, 7) is 5.29. The van der Waals surface area contributed by atoms with Crippen molar-refractivity contribution in [1.29, 1.82) is 0 Å². The highest BCUT2D eigenvalue weighted by Gasteiger charge is 2.30. The third-order valence-corrected chi connectivity index (χ3v) is 6.90. The molecule has 15 heteroatoms. The molecule has 0 spiro atoms. The van der Waals surface area contributed by atoms with E-state index in [1.165, 1.54) is 13.2 Å². The number of benzene rings is 1. The Morgan fingerprint density at radius 2 is 1.89 bits per heavy atom. The zero-order valence-electron chi connectivity index (χ0n) is 28.0. The Balaban J connectivity index is 1.33. The number of carbonyl (C=O) groups is 3. The van der Waals surface area contributed by atoms with Gasteiger partial charge in [-0.1, -0.05) is 11.2 Å². The second kappa shape index (κ2) is 12.8. The highest BCUT2D eigenvalue weighted by Crippen LogP contribution is 2.37. The monoisotopic (exact) mass is 610 g/mol. The fourth-order valence-electron chi connectivity index (χ4n) is 4.56. The van der Waals surface area contributed by atoms with E-state index in [1.54, 1.807) is 23.1 Å². The molecule has 0 atom stereocenters. The minimum absolute atomic E-state index is 0.0719. The molecule has 15 nitrogen and oxygen atoms in total. The van der Waals surface area contributed by atoms with Gasteiger partial charge >= 0.3 is 6.09 Å². The molecule has 1 aliphatic heterocycles. The molecule has 1 saturated heterocycles. The number of hydrogen-bond acceptors (Lipinski definition) is 12. The van der Waals surface area contributed by atoms with Gasteiger partial charge in [0, 0.05) is 49.3 Å². The number of ether oxygens (including phenoxy) is 2. The van der Waals surface area contributed by atoms with E-state index in [1.807, 2.05) is 26.1 Å². The number of anilines is 3. The van der Waals surface area contributed by atoms with Gasteiger partial charge in [0.2, 0.25) is 17.6 Å². The summed E-state index contributed by atoms with van der Waals surface area (Å²) in [5.41, 5.74) is 0.0312. The minimum Gasteiger partial charge on any atom is -0.494 e. The molecule has 1 saturated carbocycles. The van der Waals surface area contributed by atoms with E-state index < -0.39 is 18.5 Å². The van der Waals surface area contributed by atoms with Crippen LogP contribution in [0, 0.1) is 5.92 Å². The lowest BCUT2D eigenvalue weighted by Gasteiger charge is -2.34. The Kier molecular flexibility index (Phi) is 7.82. The van der Waals surface area contributed by atoms with Gasteiger partial charge in [-0.25, -0.2) is 4.79 Å². The predicted octanol–water partition coefficient (Wildman–Crippen LogP) is 3.04. The smallest absolute Gasteiger partial charge is 0.410 e. The normalized spacial score (nSPS) is 16.7. The Hall–Kier alpha value is -4.79. The summed E-state index contributed by atoms with van der Waals surface area (Å²) in [7, 11) is 1.45. The standard InChI is InChI=1S/C29H37N9O6/c1-29(2,3)43-28(41)38-13-11-37(12-14-38)16-22-33-25(36-44-22)18-7-6-8-19(24(18)42-5)31-20-15-21(32-26(39)17-9-10-17)34-35-23(20)27(40)30-4/h6-8,15,17H,9-14,16H2,1-5H3,(H,30,40)(H2,31,32,34,39)/i4D3.